The summed E-state index contributed by atoms with van der Waals surface area (Å²) in [6, 6.07) is 7.25. The van der Waals surface area contributed by atoms with E-state index < -0.39 is 0 Å². The highest BCUT2D eigenvalue weighted by molar-refractivity contribution is 5.44. The summed E-state index contributed by atoms with van der Waals surface area (Å²) >= 11 is 0. The van der Waals surface area contributed by atoms with Crippen LogP contribution in [0.2, 0.25) is 0 Å². The smallest absolute Gasteiger partial charge is 0.161 e. The average Bonchev–Trinajstić information content (AvgIpc) is 3.07. The van der Waals surface area contributed by atoms with Gasteiger partial charge < -0.3 is 20.1 Å². The monoisotopic (exact) mass is 332 g/mol. The number of nitrogens with one attached hydrogen (secondary N) is 2. The van der Waals surface area contributed by atoms with E-state index in [4.69, 9.17) is 9.47 Å². The number of methoxy groups -OCH3 is 1. The molecule has 2 unspecified atom stereocenters. The van der Waals surface area contributed by atoms with Crippen molar-refractivity contribution in [2.45, 2.75) is 64.1 Å². The van der Waals surface area contributed by atoms with Crippen molar-refractivity contribution >= 4 is 0 Å². The first-order chi connectivity index (χ1) is 11.7. The number of hydrogen-bond acceptors (Lipinski definition) is 4. The lowest BCUT2D eigenvalue weighted by Gasteiger charge is -2.33. The van der Waals surface area contributed by atoms with Crippen molar-refractivity contribution in [3.63, 3.8) is 0 Å². The fourth-order valence-corrected chi connectivity index (χ4v) is 3.93. The van der Waals surface area contributed by atoms with E-state index >= 15 is 0 Å². The van der Waals surface area contributed by atoms with Crippen molar-refractivity contribution in [2.75, 3.05) is 20.2 Å². The molecule has 1 aromatic rings. The number of ether oxygens (including phenoxy) is 2. The quantitative estimate of drug-likeness (QED) is 0.834. The number of benzene rings is 1. The summed E-state index contributed by atoms with van der Waals surface area (Å²) in [6.45, 7) is 6.58. The van der Waals surface area contributed by atoms with Crippen molar-refractivity contribution in [3.05, 3.63) is 23.8 Å². The Morgan fingerprint density at radius 2 is 1.92 bits per heavy atom. The van der Waals surface area contributed by atoms with Crippen LogP contribution < -0.4 is 20.1 Å². The molecular weight excluding hydrogens is 300 g/mol. The van der Waals surface area contributed by atoms with E-state index in [1.165, 1.54) is 24.8 Å². The molecule has 0 spiro atoms. The van der Waals surface area contributed by atoms with Crippen LogP contribution in [0.5, 0.6) is 11.5 Å². The van der Waals surface area contributed by atoms with Crippen molar-refractivity contribution < 1.29 is 9.47 Å². The summed E-state index contributed by atoms with van der Waals surface area (Å²) < 4.78 is 11.8. The summed E-state index contributed by atoms with van der Waals surface area (Å²) in [6.07, 6.45) is 6.42. The van der Waals surface area contributed by atoms with Crippen LogP contribution >= 0.6 is 0 Å². The van der Waals surface area contributed by atoms with Gasteiger partial charge in [0.15, 0.2) is 11.5 Å². The normalized spacial score (nSPS) is 25.2. The summed E-state index contributed by atoms with van der Waals surface area (Å²) in [5.74, 6) is 2.45. The van der Waals surface area contributed by atoms with Crippen LogP contribution in [0.25, 0.3) is 0 Å². The first kappa shape index (κ1) is 17.6. The van der Waals surface area contributed by atoms with Crippen LogP contribution in [0.4, 0.5) is 0 Å². The van der Waals surface area contributed by atoms with Crippen molar-refractivity contribution in [1.82, 2.24) is 10.6 Å². The summed E-state index contributed by atoms with van der Waals surface area (Å²) in [4.78, 5) is 0. The molecule has 1 aliphatic heterocycles. The Kier molecular flexibility index (Phi) is 6.01. The zero-order chi connectivity index (χ0) is 16.9. The molecule has 134 valence electrons. The molecule has 1 aromatic carbocycles. The lowest BCUT2D eigenvalue weighted by molar-refractivity contribution is 0.200. The minimum absolute atomic E-state index is 0.333. The van der Waals surface area contributed by atoms with E-state index in [0.717, 1.165) is 37.4 Å². The molecule has 1 heterocycles. The van der Waals surface area contributed by atoms with E-state index in [2.05, 4.69) is 36.6 Å². The van der Waals surface area contributed by atoms with E-state index in [-0.39, 0.29) is 0 Å². The van der Waals surface area contributed by atoms with Gasteiger partial charge in [-0.1, -0.05) is 19.9 Å². The first-order valence-corrected chi connectivity index (χ1v) is 9.47. The third-order valence-corrected chi connectivity index (χ3v) is 5.12. The van der Waals surface area contributed by atoms with Gasteiger partial charge in [-0.25, -0.2) is 0 Å². The van der Waals surface area contributed by atoms with Crippen LogP contribution in [0, 0.1) is 5.92 Å². The maximum Gasteiger partial charge on any atom is 0.161 e. The van der Waals surface area contributed by atoms with Crippen molar-refractivity contribution in [3.8, 4) is 11.5 Å². The molecule has 1 aliphatic carbocycles. The van der Waals surface area contributed by atoms with Gasteiger partial charge in [0.05, 0.1) is 13.2 Å². The SMILES string of the molecule is COc1ccc(C2CNCC(CC(C)C)N2)cc1OC1CCCC1. The molecule has 1 saturated carbocycles. The molecule has 2 aliphatic rings. The molecule has 4 heteroatoms. The second kappa shape index (κ2) is 8.21. The topological polar surface area (TPSA) is 42.5 Å². The fourth-order valence-electron chi connectivity index (χ4n) is 3.93. The second-order valence-corrected chi connectivity index (χ2v) is 7.64. The molecule has 0 bridgehead atoms. The van der Waals surface area contributed by atoms with Gasteiger partial charge in [-0.15, -0.1) is 0 Å². The highest BCUT2D eigenvalue weighted by atomic mass is 16.5. The Morgan fingerprint density at radius 3 is 2.62 bits per heavy atom. The third-order valence-electron chi connectivity index (χ3n) is 5.12. The summed E-state index contributed by atoms with van der Waals surface area (Å²) in [5, 5.41) is 7.38. The van der Waals surface area contributed by atoms with E-state index in [0.29, 0.717) is 24.1 Å². The molecule has 0 radical (unpaired) electrons. The lowest BCUT2D eigenvalue weighted by atomic mass is 9.97. The standard InChI is InChI=1S/C20H32N2O2/c1-14(2)10-16-12-21-13-18(22-16)15-8-9-19(23-3)20(11-15)24-17-6-4-5-7-17/h8-9,11,14,16-18,21-22H,4-7,10,12-13H2,1-3H3. The summed E-state index contributed by atoms with van der Waals surface area (Å²) in [7, 11) is 1.72. The van der Waals surface area contributed by atoms with Gasteiger partial charge in [0.1, 0.15) is 0 Å². The number of rotatable bonds is 6. The van der Waals surface area contributed by atoms with Crippen LogP contribution in [-0.4, -0.2) is 32.3 Å². The van der Waals surface area contributed by atoms with Crippen LogP contribution in [0.1, 0.15) is 57.6 Å². The van der Waals surface area contributed by atoms with Crippen LogP contribution in [0.15, 0.2) is 18.2 Å². The first-order valence-electron chi connectivity index (χ1n) is 9.47. The second-order valence-electron chi connectivity index (χ2n) is 7.64. The molecule has 2 atom stereocenters. The molecule has 2 N–H and O–H groups in total. The van der Waals surface area contributed by atoms with Crippen molar-refractivity contribution in [1.29, 1.82) is 0 Å². The highest BCUT2D eigenvalue weighted by Gasteiger charge is 2.24. The Labute approximate surface area is 146 Å². The molecule has 0 amide bonds. The van der Waals surface area contributed by atoms with Gasteiger partial charge in [-0.2, -0.15) is 0 Å². The molecule has 2 fully saturated rings. The van der Waals surface area contributed by atoms with Gasteiger partial charge in [0, 0.05) is 25.2 Å². The highest BCUT2D eigenvalue weighted by Crippen LogP contribution is 2.34. The van der Waals surface area contributed by atoms with Crippen LogP contribution in [-0.2, 0) is 0 Å². The minimum Gasteiger partial charge on any atom is -0.493 e. The molecule has 4 nitrogen and oxygen atoms in total. The number of hydrogen-bond donors (Lipinski definition) is 2. The zero-order valence-electron chi connectivity index (χ0n) is 15.3. The average molecular weight is 332 g/mol. The van der Waals surface area contributed by atoms with Gasteiger partial charge in [0.25, 0.3) is 0 Å². The largest absolute Gasteiger partial charge is 0.493 e. The molecule has 3 rings (SSSR count). The fraction of sp³-hybridized carbons (Fsp3) is 0.700. The predicted octanol–water partition coefficient (Wildman–Crippen LogP) is 3.67. The summed E-state index contributed by atoms with van der Waals surface area (Å²) in [5.41, 5.74) is 1.28. The van der Waals surface area contributed by atoms with E-state index in [1.54, 1.807) is 7.11 Å². The maximum absolute atomic E-state index is 6.25. The Morgan fingerprint density at radius 1 is 1.12 bits per heavy atom. The van der Waals surface area contributed by atoms with E-state index in [1.807, 2.05) is 6.07 Å². The maximum atomic E-state index is 6.25. The van der Waals surface area contributed by atoms with Gasteiger partial charge in [-0.05, 0) is 55.7 Å². The van der Waals surface area contributed by atoms with Gasteiger partial charge >= 0.3 is 0 Å². The van der Waals surface area contributed by atoms with Crippen molar-refractivity contribution in [2.24, 2.45) is 5.92 Å². The van der Waals surface area contributed by atoms with E-state index in [9.17, 15) is 0 Å². The minimum atomic E-state index is 0.333. The lowest BCUT2D eigenvalue weighted by Crippen LogP contribution is -2.50. The van der Waals surface area contributed by atoms with Crippen LogP contribution in [0.3, 0.4) is 0 Å². The molecular formula is C20H32N2O2. The zero-order valence-corrected chi connectivity index (χ0v) is 15.3. The Bertz CT molecular complexity index is 526. The predicted molar refractivity (Wildman–Crippen MR) is 97.9 cm³/mol. The van der Waals surface area contributed by atoms with Gasteiger partial charge in [0.2, 0.25) is 0 Å². The molecule has 1 saturated heterocycles. The Balaban J connectivity index is 1.72. The Hall–Kier alpha value is -1.26. The number of piperazine rings is 1. The van der Waals surface area contributed by atoms with Gasteiger partial charge in [-0.3, -0.25) is 0 Å². The molecule has 24 heavy (non-hydrogen) atoms. The molecule has 0 aromatic heterocycles. The third kappa shape index (κ3) is 4.42.